The van der Waals surface area contributed by atoms with E-state index < -0.39 is 5.97 Å². The van der Waals surface area contributed by atoms with Gasteiger partial charge in [0.2, 0.25) is 0 Å². The van der Waals surface area contributed by atoms with E-state index in [2.05, 4.69) is 11.3 Å². The molecule has 0 spiro atoms. The van der Waals surface area contributed by atoms with Crippen molar-refractivity contribution in [2.24, 2.45) is 0 Å². The minimum atomic E-state index is -0.497. The van der Waals surface area contributed by atoms with Crippen LogP contribution in [0.5, 0.6) is 0 Å². The molecular formula is C8H12O3Si. The summed E-state index contributed by atoms with van der Waals surface area (Å²) in [7, 11) is 0.573. The van der Waals surface area contributed by atoms with Gasteiger partial charge in [-0.3, -0.25) is 4.79 Å². The van der Waals surface area contributed by atoms with Crippen molar-refractivity contribution in [1.29, 1.82) is 0 Å². The van der Waals surface area contributed by atoms with Gasteiger partial charge in [-0.25, -0.2) is 4.79 Å². The highest BCUT2D eigenvalue weighted by atomic mass is 28.2. The van der Waals surface area contributed by atoms with Gasteiger partial charge in [0, 0.05) is 21.1 Å². The molecule has 3 nitrogen and oxygen atoms in total. The van der Waals surface area contributed by atoms with Crippen molar-refractivity contribution in [3.8, 4) is 0 Å². The molecule has 0 atom stereocenters. The fraction of sp³-hybridized carbons (Fsp3) is 0.500. The summed E-state index contributed by atoms with van der Waals surface area (Å²) in [4.78, 5) is 21.6. The second-order valence-electron chi connectivity index (χ2n) is 2.43. The van der Waals surface area contributed by atoms with Crippen LogP contribution in [-0.2, 0) is 14.3 Å². The van der Waals surface area contributed by atoms with Crippen molar-refractivity contribution in [1.82, 2.24) is 0 Å². The summed E-state index contributed by atoms with van der Waals surface area (Å²) in [6.45, 7) is 6.76. The Hall–Kier alpha value is -0.903. The first-order valence-electron chi connectivity index (χ1n) is 3.57. The molecule has 0 rings (SSSR count). The topological polar surface area (TPSA) is 43.4 Å². The van der Waals surface area contributed by atoms with E-state index in [1.54, 1.807) is 6.92 Å². The molecule has 0 aromatic heterocycles. The van der Waals surface area contributed by atoms with Gasteiger partial charge in [-0.15, -0.1) is 0 Å². The molecule has 0 aromatic carbocycles. The zero-order chi connectivity index (χ0) is 9.56. The van der Waals surface area contributed by atoms with Gasteiger partial charge in [-0.05, 0) is 6.92 Å². The van der Waals surface area contributed by atoms with Crippen LogP contribution in [0.15, 0.2) is 12.2 Å². The summed E-state index contributed by atoms with van der Waals surface area (Å²) in [5, 5.41) is 0. The standard InChI is InChI=1S/C8H12O3Si/c1-6(2)8(10)11-4-7(9)5-12-3/h1,4-5H2,2-3H3. The molecule has 0 saturated heterocycles. The third kappa shape index (κ3) is 4.84. The molecule has 0 N–H and O–H groups in total. The number of ketones is 1. The Balaban J connectivity index is 3.61. The first kappa shape index (κ1) is 11.1. The highest BCUT2D eigenvalue weighted by Gasteiger charge is 2.06. The van der Waals surface area contributed by atoms with Crippen LogP contribution in [0.25, 0.3) is 0 Å². The number of rotatable bonds is 5. The van der Waals surface area contributed by atoms with E-state index >= 15 is 0 Å². The Morgan fingerprint density at radius 2 is 2.08 bits per heavy atom. The molecule has 0 aliphatic carbocycles. The Kier molecular flexibility index (Phi) is 5.28. The largest absolute Gasteiger partial charge is 0.454 e. The molecule has 0 aliphatic rings. The van der Waals surface area contributed by atoms with Crippen LogP contribution < -0.4 is 0 Å². The van der Waals surface area contributed by atoms with Crippen LogP contribution in [0.3, 0.4) is 0 Å². The highest BCUT2D eigenvalue weighted by Crippen LogP contribution is 1.93. The van der Waals surface area contributed by atoms with E-state index in [4.69, 9.17) is 0 Å². The van der Waals surface area contributed by atoms with Crippen LogP contribution in [0.2, 0.25) is 12.6 Å². The number of Topliss-reactive ketones (excluding diaryl/α,β-unsaturated/α-hetero) is 1. The Morgan fingerprint density at radius 1 is 1.50 bits per heavy atom. The number of carbonyl (C=O) groups excluding carboxylic acids is 2. The molecule has 0 heterocycles. The lowest BCUT2D eigenvalue weighted by Crippen LogP contribution is -2.14. The number of ether oxygens (including phenoxy) is 1. The fourth-order valence-electron chi connectivity index (χ4n) is 0.517. The van der Waals surface area contributed by atoms with Gasteiger partial charge < -0.3 is 4.74 Å². The van der Waals surface area contributed by atoms with E-state index in [1.807, 2.05) is 6.55 Å². The summed E-state index contributed by atoms with van der Waals surface area (Å²) in [5.74, 6) is -0.534. The van der Waals surface area contributed by atoms with Crippen molar-refractivity contribution in [3.05, 3.63) is 12.2 Å². The van der Waals surface area contributed by atoms with Crippen molar-refractivity contribution >= 4 is 21.3 Å². The third-order valence-corrected chi connectivity index (χ3v) is 1.83. The first-order chi connectivity index (χ1) is 5.57. The predicted octanol–water partition coefficient (Wildman–Crippen LogP) is 0.845. The van der Waals surface area contributed by atoms with Crippen LogP contribution in [0, 0.1) is 0 Å². The Labute approximate surface area is 74.6 Å². The highest BCUT2D eigenvalue weighted by molar-refractivity contribution is 6.39. The molecular weight excluding hydrogens is 172 g/mol. The van der Waals surface area contributed by atoms with Crippen molar-refractivity contribution in [2.45, 2.75) is 19.5 Å². The second-order valence-corrected chi connectivity index (χ2v) is 3.49. The molecule has 0 aliphatic heterocycles. The summed E-state index contributed by atoms with van der Waals surface area (Å²) >= 11 is 0. The summed E-state index contributed by atoms with van der Waals surface area (Å²) in [5.41, 5.74) is 0.321. The molecule has 0 saturated carbocycles. The maximum Gasteiger partial charge on any atom is 0.333 e. The number of esters is 1. The average molecular weight is 184 g/mol. The molecule has 0 unspecified atom stereocenters. The zero-order valence-electron chi connectivity index (χ0n) is 7.35. The molecule has 0 amide bonds. The third-order valence-electron chi connectivity index (χ3n) is 1.09. The average Bonchev–Trinajstić information content (AvgIpc) is 2.00. The van der Waals surface area contributed by atoms with Crippen molar-refractivity contribution < 1.29 is 14.3 Å². The maximum atomic E-state index is 10.9. The minimum absolute atomic E-state index is 0.0366. The lowest BCUT2D eigenvalue weighted by molar-refractivity contribution is -0.143. The summed E-state index contributed by atoms with van der Waals surface area (Å²) < 4.78 is 4.63. The monoisotopic (exact) mass is 184 g/mol. The smallest absolute Gasteiger partial charge is 0.333 e. The second kappa shape index (κ2) is 5.71. The van der Waals surface area contributed by atoms with Gasteiger partial charge in [0.15, 0.2) is 5.78 Å². The van der Waals surface area contributed by atoms with Gasteiger partial charge >= 0.3 is 5.97 Å². The number of hydrogen-bond donors (Lipinski definition) is 0. The van der Waals surface area contributed by atoms with E-state index in [1.165, 1.54) is 0 Å². The molecule has 2 radical (unpaired) electrons. The van der Waals surface area contributed by atoms with Crippen LogP contribution in [0.1, 0.15) is 6.92 Å². The van der Waals surface area contributed by atoms with Crippen molar-refractivity contribution in [2.75, 3.05) is 6.61 Å². The maximum absolute atomic E-state index is 10.9. The lowest BCUT2D eigenvalue weighted by atomic mass is 10.4. The van der Waals surface area contributed by atoms with Crippen LogP contribution >= 0.6 is 0 Å². The Bertz CT molecular complexity index is 198. The van der Waals surface area contributed by atoms with E-state index in [-0.39, 0.29) is 12.4 Å². The van der Waals surface area contributed by atoms with Crippen molar-refractivity contribution in [3.63, 3.8) is 0 Å². The molecule has 0 bridgehead atoms. The molecule has 0 fully saturated rings. The summed E-state index contributed by atoms with van der Waals surface area (Å²) in [6, 6.07) is 0.490. The van der Waals surface area contributed by atoms with Gasteiger partial charge in [-0.1, -0.05) is 13.1 Å². The predicted molar refractivity (Wildman–Crippen MR) is 47.2 cm³/mol. The molecule has 66 valence electrons. The quantitative estimate of drug-likeness (QED) is 0.361. The summed E-state index contributed by atoms with van der Waals surface area (Å²) in [6.07, 6.45) is 0. The normalized spacial score (nSPS) is 9.17. The molecule has 12 heavy (non-hydrogen) atoms. The lowest BCUT2D eigenvalue weighted by Gasteiger charge is -2.01. The zero-order valence-corrected chi connectivity index (χ0v) is 8.35. The van der Waals surface area contributed by atoms with Crippen LogP contribution in [-0.4, -0.2) is 27.9 Å². The number of carbonyl (C=O) groups is 2. The SMILES string of the molecule is C=C(C)C(=O)OCC(=O)C[Si]C. The van der Waals surface area contributed by atoms with E-state index in [9.17, 15) is 9.59 Å². The molecule has 4 heteroatoms. The van der Waals surface area contributed by atoms with Gasteiger partial charge in [0.1, 0.15) is 6.61 Å². The first-order valence-corrected chi connectivity index (χ1v) is 5.27. The van der Waals surface area contributed by atoms with Gasteiger partial charge in [0.05, 0.1) is 0 Å². The van der Waals surface area contributed by atoms with E-state index in [0.717, 1.165) is 0 Å². The Morgan fingerprint density at radius 3 is 2.50 bits per heavy atom. The fourth-order valence-corrected chi connectivity index (χ4v) is 1.01. The number of hydrogen-bond acceptors (Lipinski definition) is 3. The van der Waals surface area contributed by atoms with E-state index in [0.29, 0.717) is 21.1 Å². The van der Waals surface area contributed by atoms with Gasteiger partial charge in [-0.2, -0.15) is 0 Å². The van der Waals surface area contributed by atoms with Gasteiger partial charge in [0.25, 0.3) is 0 Å². The molecule has 0 aromatic rings. The minimum Gasteiger partial charge on any atom is -0.454 e. The van der Waals surface area contributed by atoms with Crippen LogP contribution in [0.4, 0.5) is 0 Å².